The van der Waals surface area contributed by atoms with E-state index in [-0.39, 0.29) is 0 Å². The molecule has 0 bridgehead atoms. The van der Waals surface area contributed by atoms with E-state index in [1.165, 1.54) is 17.5 Å². The molecule has 3 heteroatoms. The molecule has 0 radical (unpaired) electrons. The molecule has 0 saturated carbocycles. The van der Waals surface area contributed by atoms with Crippen molar-refractivity contribution in [1.29, 1.82) is 0 Å². The fourth-order valence-electron chi connectivity index (χ4n) is 2.58. The number of aryl methyl sites for hydroxylation is 1. The molecule has 1 aromatic rings. The van der Waals surface area contributed by atoms with Crippen molar-refractivity contribution in [2.75, 3.05) is 13.1 Å². The highest BCUT2D eigenvalue weighted by atomic mass is 16.4. The van der Waals surface area contributed by atoms with Crippen LogP contribution in [0.5, 0.6) is 0 Å². The minimum absolute atomic E-state index is 0.410. The number of aromatic carboxylic acids is 1. The van der Waals surface area contributed by atoms with Gasteiger partial charge in [-0.05, 0) is 55.0 Å². The Morgan fingerprint density at radius 2 is 2.35 bits per heavy atom. The lowest BCUT2D eigenvalue weighted by molar-refractivity contribution is 0.0696. The molecular formula is C14H19NO2. The number of fused-ring (bicyclic) bond motifs is 1. The van der Waals surface area contributed by atoms with Gasteiger partial charge in [0.2, 0.25) is 0 Å². The number of carbonyl (C=O) groups is 1. The predicted octanol–water partition coefficient (Wildman–Crippen LogP) is 2.41. The van der Waals surface area contributed by atoms with E-state index in [1.54, 1.807) is 6.07 Å². The van der Waals surface area contributed by atoms with E-state index >= 15 is 0 Å². The molecule has 0 aromatic heterocycles. The van der Waals surface area contributed by atoms with Crippen LogP contribution in [-0.4, -0.2) is 24.2 Å². The monoisotopic (exact) mass is 233 g/mol. The minimum atomic E-state index is -0.832. The number of hydrogen-bond acceptors (Lipinski definition) is 2. The van der Waals surface area contributed by atoms with Gasteiger partial charge < -0.3 is 10.4 Å². The SMILES string of the molecule is CCNCC1CCCc2cc(C(=O)O)ccc21. The van der Waals surface area contributed by atoms with Crippen molar-refractivity contribution in [3.05, 3.63) is 34.9 Å². The number of benzene rings is 1. The highest BCUT2D eigenvalue weighted by molar-refractivity contribution is 5.88. The third-order valence-corrected chi connectivity index (χ3v) is 3.47. The maximum Gasteiger partial charge on any atom is 0.335 e. The van der Waals surface area contributed by atoms with Gasteiger partial charge in [0.1, 0.15) is 0 Å². The number of nitrogens with one attached hydrogen (secondary N) is 1. The summed E-state index contributed by atoms with van der Waals surface area (Å²) in [5.41, 5.74) is 2.97. The van der Waals surface area contributed by atoms with Gasteiger partial charge in [0.15, 0.2) is 0 Å². The lowest BCUT2D eigenvalue weighted by Crippen LogP contribution is -2.24. The van der Waals surface area contributed by atoms with Gasteiger partial charge >= 0.3 is 5.97 Å². The summed E-state index contributed by atoms with van der Waals surface area (Å²) in [7, 11) is 0. The topological polar surface area (TPSA) is 49.3 Å². The van der Waals surface area contributed by atoms with Crippen molar-refractivity contribution >= 4 is 5.97 Å². The number of likely N-dealkylation sites (N-methyl/N-ethyl adjacent to an activating group) is 1. The maximum absolute atomic E-state index is 10.9. The van der Waals surface area contributed by atoms with Crippen molar-refractivity contribution in [3.63, 3.8) is 0 Å². The molecule has 0 heterocycles. The molecule has 1 aliphatic rings. The van der Waals surface area contributed by atoms with Crippen LogP contribution in [0.15, 0.2) is 18.2 Å². The van der Waals surface area contributed by atoms with Crippen LogP contribution in [0.4, 0.5) is 0 Å². The molecule has 17 heavy (non-hydrogen) atoms. The normalized spacial score (nSPS) is 18.8. The van der Waals surface area contributed by atoms with Gasteiger partial charge in [-0.25, -0.2) is 4.79 Å². The largest absolute Gasteiger partial charge is 0.478 e. The van der Waals surface area contributed by atoms with Crippen molar-refractivity contribution in [2.24, 2.45) is 0 Å². The molecular weight excluding hydrogens is 214 g/mol. The Balaban J connectivity index is 2.23. The van der Waals surface area contributed by atoms with Crippen molar-refractivity contribution in [2.45, 2.75) is 32.1 Å². The van der Waals surface area contributed by atoms with E-state index in [1.807, 2.05) is 12.1 Å². The fourth-order valence-corrected chi connectivity index (χ4v) is 2.58. The first-order valence-electron chi connectivity index (χ1n) is 6.29. The van der Waals surface area contributed by atoms with Gasteiger partial charge in [-0.2, -0.15) is 0 Å². The van der Waals surface area contributed by atoms with Gasteiger partial charge in [0.05, 0.1) is 5.56 Å². The second-order valence-electron chi connectivity index (χ2n) is 4.62. The van der Waals surface area contributed by atoms with Gasteiger partial charge in [-0.15, -0.1) is 0 Å². The Bertz CT molecular complexity index is 415. The van der Waals surface area contributed by atoms with Crippen LogP contribution in [0.1, 0.15) is 47.2 Å². The van der Waals surface area contributed by atoms with Crippen LogP contribution in [0, 0.1) is 0 Å². The summed E-state index contributed by atoms with van der Waals surface area (Å²) < 4.78 is 0. The number of carboxylic acid groups (broad SMARTS) is 1. The Morgan fingerprint density at radius 3 is 3.06 bits per heavy atom. The predicted molar refractivity (Wildman–Crippen MR) is 67.6 cm³/mol. The number of carboxylic acids is 1. The average Bonchev–Trinajstić information content (AvgIpc) is 2.35. The molecule has 0 amide bonds. The lowest BCUT2D eigenvalue weighted by Gasteiger charge is -2.26. The molecule has 1 aromatic carbocycles. The highest BCUT2D eigenvalue weighted by Crippen LogP contribution is 2.31. The molecule has 0 spiro atoms. The Morgan fingerprint density at radius 1 is 1.53 bits per heavy atom. The number of hydrogen-bond donors (Lipinski definition) is 2. The third kappa shape index (κ3) is 2.67. The first-order chi connectivity index (χ1) is 8.22. The second-order valence-corrected chi connectivity index (χ2v) is 4.62. The Labute approximate surface area is 102 Å². The van der Waals surface area contributed by atoms with Crippen LogP contribution < -0.4 is 5.32 Å². The molecule has 2 rings (SSSR count). The van der Waals surface area contributed by atoms with Gasteiger partial charge in [0, 0.05) is 6.54 Å². The quantitative estimate of drug-likeness (QED) is 0.839. The van der Waals surface area contributed by atoms with E-state index in [0.29, 0.717) is 11.5 Å². The van der Waals surface area contributed by atoms with E-state index in [4.69, 9.17) is 5.11 Å². The van der Waals surface area contributed by atoms with Crippen LogP contribution in [0.2, 0.25) is 0 Å². The smallest absolute Gasteiger partial charge is 0.335 e. The van der Waals surface area contributed by atoms with Gasteiger partial charge in [-0.3, -0.25) is 0 Å². The lowest BCUT2D eigenvalue weighted by atomic mass is 9.82. The Kier molecular flexibility index (Phi) is 3.79. The van der Waals surface area contributed by atoms with E-state index in [2.05, 4.69) is 12.2 Å². The molecule has 0 fully saturated rings. The van der Waals surface area contributed by atoms with Gasteiger partial charge in [-0.1, -0.05) is 13.0 Å². The molecule has 0 saturated heterocycles. The maximum atomic E-state index is 10.9. The molecule has 1 atom stereocenters. The zero-order valence-electron chi connectivity index (χ0n) is 10.2. The molecule has 0 aliphatic heterocycles. The fraction of sp³-hybridized carbons (Fsp3) is 0.500. The van der Waals surface area contributed by atoms with E-state index < -0.39 is 5.97 Å². The van der Waals surface area contributed by atoms with Crippen LogP contribution >= 0.6 is 0 Å². The first-order valence-corrected chi connectivity index (χ1v) is 6.29. The highest BCUT2D eigenvalue weighted by Gasteiger charge is 2.20. The van der Waals surface area contributed by atoms with Crippen molar-refractivity contribution in [3.8, 4) is 0 Å². The van der Waals surface area contributed by atoms with Crippen molar-refractivity contribution in [1.82, 2.24) is 5.32 Å². The van der Waals surface area contributed by atoms with Gasteiger partial charge in [0.25, 0.3) is 0 Å². The number of rotatable bonds is 4. The summed E-state index contributed by atoms with van der Waals surface area (Å²) in [5, 5.41) is 12.4. The van der Waals surface area contributed by atoms with E-state index in [0.717, 1.165) is 25.9 Å². The zero-order chi connectivity index (χ0) is 12.3. The summed E-state index contributed by atoms with van der Waals surface area (Å²) >= 11 is 0. The molecule has 1 aliphatic carbocycles. The van der Waals surface area contributed by atoms with Crippen LogP contribution in [-0.2, 0) is 6.42 Å². The molecule has 2 N–H and O–H groups in total. The average molecular weight is 233 g/mol. The molecule has 1 unspecified atom stereocenters. The summed E-state index contributed by atoms with van der Waals surface area (Å²) in [6, 6.07) is 5.57. The zero-order valence-corrected chi connectivity index (χ0v) is 10.2. The second kappa shape index (κ2) is 5.32. The first kappa shape index (κ1) is 12.1. The summed E-state index contributed by atoms with van der Waals surface area (Å²) in [6.07, 6.45) is 3.37. The molecule has 92 valence electrons. The Hall–Kier alpha value is -1.35. The molecule has 3 nitrogen and oxygen atoms in total. The summed E-state index contributed by atoms with van der Waals surface area (Å²) in [4.78, 5) is 10.9. The van der Waals surface area contributed by atoms with E-state index in [9.17, 15) is 4.79 Å². The van der Waals surface area contributed by atoms with Crippen LogP contribution in [0.3, 0.4) is 0 Å². The van der Waals surface area contributed by atoms with Crippen molar-refractivity contribution < 1.29 is 9.90 Å². The van der Waals surface area contributed by atoms with Crippen LogP contribution in [0.25, 0.3) is 0 Å². The standard InChI is InChI=1S/C14H19NO2/c1-2-15-9-12-5-3-4-10-8-11(14(16)17)6-7-13(10)12/h6-8,12,15H,2-5,9H2,1H3,(H,16,17). The summed E-state index contributed by atoms with van der Waals surface area (Å²) in [6.45, 7) is 4.09. The minimum Gasteiger partial charge on any atom is -0.478 e. The third-order valence-electron chi connectivity index (χ3n) is 3.47. The summed E-state index contributed by atoms with van der Waals surface area (Å²) in [5.74, 6) is -0.289.